The number of carboxylic acid groups (broad SMARTS) is 1. The van der Waals surface area contributed by atoms with E-state index in [-0.39, 0.29) is 12.0 Å². The van der Waals surface area contributed by atoms with E-state index < -0.39 is 11.9 Å². The Hall–Kier alpha value is -1.35. The van der Waals surface area contributed by atoms with E-state index in [1.807, 2.05) is 33.0 Å². The van der Waals surface area contributed by atoms with Crippen molar-refractivity contribution in [2.45, 2.75) is 33.2 Å². The fourth-order valence-corrected chi connectivity index (χ4v) is 2.33. The number of carboxylic acids is 1. The SMILES string of the molecule is CCc1ccc(C(NC)C(C(=O)O)C(C)C)cc1. The largest absolute Gasteiger partial charge is 0.481 e. The molecule has 0 aromatic heterocycles. The van der Waals surface area contributed by atoms with Crippen LogP contribution in [0.25, 0.3) is 0 Å². The lowest BCUT2D eigenvalue weighted by Crippen LogP contribution is -2.34. The molecule has 0 fully saturated rings. The summed E-state index contributed by atoms with van der Waals surface area (Å²) in [6, 6.07) is 8.04. The number of carbonyl (C=O) groups is 1. The van der Waals surface area contributed by atoms with E-state index in [2.05, 4.69) is 24.4 Å². The molecule has 0 saturated heterocycles. The quantitative estimate of drug-likeness (QED) is 0.815. The van der Waals surface area contributed by atoms with Crippen LogP contribution in [0, 0.1) is 11.8 Å². The number of hydrogen-bond donors (Lipinski definition) is 2. The molecule has 18 heavy (non-hydrogen) atoms. The molecule has 0 heterocycles. The molecule has 0 aliphatic carbocycles. The van der Waals surface area contributed by atoms with Crippen LogP contribution in [-0.4, -0.2) is 18.1 Å². The highest BCUT2D eigenvalue weighted by Crippen LogP contribution is 2.28. The van der Waals surface area contributed by atoms with E-state index in [4.69, 9.17) is 0 Å². The van der Waals surface area contributed by atoms with Crippen molar-refractivity contribution >= 4 is 5.97 Å². The van der Waals surface area contributed by atoms with Gasteiger partial charge in [0, 0.05) is 6.04 Å². The maximum absolute atomic E-state index is 11.4. The molecule has 0 amide bonds. The zero-order valence-corrected chi connectivity index (χ0v) is 11.6. The third-order valence-electron chi connectivity index (χ3n) is 3.42. The van der Waals surface area contributed by atoms with Gasteiger partial charge < -0.3 is 10.4 Å². The Labute approximate surface area is 109 Å². The third-order valence-corrected chi connectivity index (χ3v) is 3.42. The first-order valence-corrected chi connectivity index (χ1v) is 6.50. The average molecular weight is 249 g/mol. The van der Waals surface area contributed by atoms with Gasteiger partial charge in [-0.05, 0) is 30.5 Å². The molecular formula is C15H23NO2. The number of hydrogen-bond acceptors (Lipinski definition) is 2. The Kier molecular flexibility index (Phi) is 5.35. The van der Waals surface area contributed by atoms with Gasteiger partial charge in [0.05, 0.1) is 5.92 Å². The molecule has 1 aromatic carbocycles. The van der Waals surface area contributed by atoms with E-state index >= 15 is 0 Å². The smallest absolute Gasteiger partial charge is 0.308 e. The summed E-state index contributed by atoms with van der Waals surface area (Å²) >= 11 is 0. The van der Waals surface area contributed by atoms with Gasteiger partial charge in [-0.15, -0.1) is 0 Å². The highest BCUT2D eigenvalue weighted by molar-refractivity contribution is 5.71. The zero-order chi connectivity index (χ0) is 13.7. The molecular weight excluding hydrogens is 226 g/mol. The van der Waals surface area contributed by atoms with Crippen molar-refractivity contribution in [3.05, 3.63) is 35.4 Å². The molecule has 1 rings (SSSR count). The summed E-state index contributed by atoms with van der Waals surface area (Å²) in [5.41, 5.74) is 2.31. The molecule has 2 N–H and O–H groups in total. The molecule has 0 bridgehead atoms. The fraction of sp³-hybridized carbons (Fsp3) is 0.533. The Morgan fingerprint density at radius 2 is 1.83 bits per heavy atom. The normalized spacial score (nSPS) is 14.5. The van der Waals surface area contributed by atoms with Gasteiger partial charge >= 0.3 is 5.97 Å². The summed E-state index contributed by atoms with van der Waals surface area (Å²) in [5, 5.41) is 12.5. The molecule has 3 heteroatoms. The van der Waals surface area contributed by atoms with Gasteiger partial charge in [-0.25, -0.2) is 0 Å². The lowest BCUT2D eigenvalue weighted by Gasteiger charge is -2.27. The summed E-state index contributed by atoms with van der Waals surface area (Å²) in [4.78, 5) is 11.4. The number of aliphatic carboxylic acids is 1. The highest BCUT2D eigenvalue weighted by Gasteiger charge is 2.30. The van der Waals surface area contributed by atoms with Crippen molar-refractivity contribution in [1.29, 1.82) is 0 Å². The maximum Gasteiger partial charge on any atom is 0.308 e. The van der Waals surface area contributed by atoms with Crippen LogP contribution < -0.4 is 5.32 Å². The molecule has 1 aromatic rings. The van der Waals surface area contributed by atoms with Crippen LogP contribution in [0.2, 0.25) is 0 Å². The van der Waals surface area contributed by atoms with Crippen LogP contribution in [0.4, 0.5) is 0 Å². The Bertz CT molecular complexity index is 384. The van der Waals surface area contributed by atoms with Gasteiger partial charge in [0.1, 0.15) is 0 Å². The first-order chi connectivity index (χ1) is 8.51. The van der Waals surface area contributed by atoms with Crippen LogP contribution >= 0.6 is 0 Å². The first-order valence-electron chi connectivity index (χ1n) is 6.50. The van der Waals surface area contributed by atoms with Crippen LogP contribution in [0.5, 0.6) is 0 Å². The minimum Gasteiger partial charge on any atom is -0.481 e. The van der Waals surface area contributed by atoms with Crippen LogP contribution in [-0.2, 0) is 11.2 Å². The molecule has 2 unspecified atom stereocenters. The number of nitrogens with one attached hydrogen (secondary N) is 1. The molecule has 0 aliphatic rings. The summed E-state index contributed by atoms with van der Waals surface area (Å²) < 4.78 is 0. The van der Waals surface area contributed by atoms with Crippen LogP contribution in [0.3, 0.4) is 0 Å². The minimum absolute atomic E-state index is 0.0887. The number of rotatable bonds is 6. The van der Waals surface area contributed by atoms with E-state index in [9.17, 15) is 9.90 Å². The van der Waals surface area contributed by atoms with Gasteiger partial charge in [0.2, 0.25) is 0 Å². The molecule has 0 aliphatic heterocycles. The monoisotopic (exact) mass is 249 g/mol. The van der Waals surface area contributed by atoms with Crippen LogP contribution in [0.1, 0.15) is 37.9 Å². The maximum atomic E-state index is 11.4. The van der Waals surface area contributed by atoms with Gasteiger partial charge in [-0.2, -0.15) is 0 Å². The van der Waals surface area contributed by atoms with E-state index in [0.717, 1.165) is 12.0 Å². The number of aryl methyl sites for hydroxylation is 1. The topological polar surface area (TPSA) is 49.3 Å². The molecule has 0 saturated carbocycles. The van der Waals surface area contributed by atoms with Crippen LogP contribution in [0.15, 0.2) is 24.3 Å². The molecule has 100 valence electrons. The van der Waals surface area contributed by atoms with Crippen molar-refractivity contribution in [3.63, 3.8) is 0 Å². The second kappa shape index (κ2) is 6.55. The molecule has 3 nitrogen and oxygen atoms in total. The van der Waals surface area contributed by atoms with Crippen molar-refractivity contribution in [2.75, 3.05) is 7.05 Å². The lowest BCUT2D eigenvalue weighted by atomic mass is 9.84. The number of benzene rings is 1. The third kappa shape index (κ3) is 3.33. The Morgan fingerprint density at radius 3 is 2.17 bits per heavy atom. The summed E-state index contributed by atoms with van der Waals surface area (Å²) in [5.74, 6) is -1.07. The Morgan fingerprint density at radius 1 is 1.28 bits per heavy atom. The fourth-order valence-electron chi connectivity index (χ4n) is 2.33. The first kappa shape index (κ1) is 14.7. The van der Waals surface area contributed by atoms with Gasteiger partial charge in [0.15, 0.2) is 0 Å². The van der Waals surface area contributed by atoms with Gasteiger partial charge in [-0.3, -0.25) is 4.79 Å². The van der Waals surface area contributed by atoms with Gasteiger partial charge in [-0.1, -0.05) is 45.0 Å². The van der Waals surface area contributed by atoms with Crippen molar-refractivity contribution in [3.8, 4) is 0 Å². The summed E-state index contributed by atoms with van der Waals surface area (Å²) in [6.07, 6.45) is 0.997. The lowest BCUT2D eigenvalue weighted by molar-refractivity contribution is -0.144. The van der Waals surface area contributed by atoms with Crippen molar-refractivity contribution in [2.24, 2.45) is 11.8 Å². The average Bonchev–Trinajstić information content (AvgIpc) is 2.35. The van der Waals surface area contributed by atoms with E-state index in [1.165, 1.54) is 5.56 Å². The zero-order valence-electron chi connectivity index (χ0n) is 11.6. The predicted octanol–water partition coefficient (Wildman–Crippen LogP) is 2.87. The highest BCUT2D eigenvalue weighted by atomic mass is 16.4. The standard InChI is InChI=1S/C15H23NO2/c1-5-11-6-8-12(9-7-11)14(16-4)13(10(2)3)15(17)18/h6-10,13-14,16H,5H2,1-4H3,(H,17,18). The molecule has 2 atom stereocenters. The molecule has 0 radical (unpaired) electrons. The summed E-state index contributed by atoms with van der Waals surface area (Å²) in [6.45, 7) is 6.01. The molecule has 0 spiro atoms. The Balaban J connectivity index is 3.03. The summed E-state index contributed by atoms with van der Waals surface area (Å²) in [7, 11) is 1.82. The van der Waals surface area contributed by atoms with Crippen molar-refractivity contribution in [1.82, 2.24) is 5.32 Å². The van der Waals surface area contributed by atoms with Gasteiger partial charge in [0.25, 0.3) is 0 Å². The van der Waals surface area contributed by atoms with Crippen molar-refractivity contribution < 1.29 is 9.90 Å². The predicted molar refractivity (Wildman–Crippen MR) is 73.6 cm³/mol. The second-order valence-electron chi connectivity index (χ2n) is 4.97. The minimum atomic E-state index is -0.746. The second-order valence-corrected chi connectivity index (χ2v) is 4.97. The van der Waals surface area contributed by atoms with E-state index in [1.54, 1.807) is 0 Å². The van der Waals surface area contributed by atoms with E-state index in [0.29, 0.717) is 0 Å².